The largest absolute Gasteiger partial charge is 0.345 e. The van der Waals surface area contributed by atoms with Crippen molar-refractivity contribution in [2.75, 3.05) is 26.3 Å². The van der Waals surface area contributed by atoms with Crippen LogP contribution in [-0.4, -0.2) is 57.0 Å². The van der Waals surface area contributed by atoms with E-state index in [0.29, 0.717) is 23.1 Å². The van der Waals surface area contributed by atoms with Gasteiger partial charge in [0.05, 0.1) is 35.7 Å². The molecule has 0 bridgehead atoms. The smallest absolute Gasteiger partial charge is 0.233 e. The number of aromatic amines is 1. The summed E-state index contributed by atoms with van der Waals surface area (Å²) in [6.45, 7) is 3.98. The zero-order valence-corrected chi connectivity index (χ0v) is 22.5. The summed E-state index contributed by atoms with van der Waals surface area (Å²) in [6.07, 6.45) is 10.2. The third kappa shape index (κ3) is 5.47. The molecule has 4 heterocycles. The summed E-state index contributed by atoms with van der Waals surface area (Å²) in [5, 5.41) is 0. The summed E-state index contributed by atoms with van der Waals surface area (Å²) >= 11 is 0. The van der Waals surface area contributed by atoms with Crippen LogP contribution in [0.15, 0.2) is 36.5 Å². The van der Waals surface area contributed by atoms with E-state index in [1.54, 1.807) is 18.3 Å². The van der Waals surface area contributed by atoms with Gasteiger partial charge in [-0.2, -0.15) is 0 Å². The molecule has 39 heavy (non-hydrogen) atoms. The standard InChI is InChI=1S/C30H36FN5O3/c1-30(29(37)36-16-6-3-7-17-36)18-38-28(39-19-30)27-34-24(20-10-12-22(31)13-11-20)25(35-27)23-14-15-32-26(33-23)21-8-4-2-5-9-21/h10-15,21,28H,2-9,16-19H2,1H3,(H,34,35). The predicted molar refractivity (Wildman–Crippen MR) is 144 cm³/mol. The lowest BCUT2D eigenvalue weighted by Gasteiger charge is -2.40. The van der Waals surface area contributed by atoms with Crippen molar-refractivity contribution in [3.63, 3.8) is 0 Å². The Hall–Kier alpha value is -3.17. The molecule has 9 heteroatoms. The lowest BCUT2D eigenvalue weighted by Crippen LogP contribution is -2.51. The Labute approximate surface area is 228 Å². The molecule has 2 aliphatic heterocycles. The molecule has 2 saturated heterocycles. The quantitative estimate of drug-likeness (QED) is 0.447. The van der Waals surface area contributed by atoms with Crippen LogP contribution in [0.5, 0.6) is 0 Å². The van der Waals surface area contributed by atoms with Crippen LogP contribution in [0.3, 0.4) is 0 Å². The number of rotatable bonds is 5. The zero-order chi connectivity index (χ0) is 26.8. The molecule has 1 amide bonds. The number of hydrogen-bond donors (Lipinski definition) is 1. The highest BCUT2D eigenvalue weighted by molar-refractivity contribution is 5.83. The van der Waals surface area contributed by atoms with Crippen LogP contribution < -0.4 is 0 Å². The van der Waals surface area contributed by atoms with E-state index in [4.69, 9.17) is 19.4 Å². The molecule has 0 atom stereocenters. The van der Waals surface area contributed by atoms with E-state index in [0.717, 1.165) is 55.9 Å². The van der Waals surface area contributed by atoms with Crippen molar-refractivity contribution in [2.24, 2.45) is 5.41 Å². The Kier molecular flexibility index (Phi) is 7.44. The lowest BCUT2D eigenvalue weighted by molar-refractivity contribution is -0.234. The minimum Gasteiger partial charge on any atom is -0.345 e. The number of piperidine rings is 1. The zero-order valence-electron chi connectivity index (χ0n) is 22.5. The van der Waals surface area contributed by atoms with Crippen molar-refractivity contribution in [3.05, 3.63) is 54.0 Å². The number of imidazole rings is 1. The Morgan fingerprint density at radius 3 is 2.38 bits per heavy atom. The molecule has 3 aromatic rings. The first-order chi connectivity index (χ1) is 19.0. The first-order valence-electron chi connectivity index (χ1n) is 14.2. The van der Waals surface area contributed by atoms with Gasteiger partial charge in [0.25, 0.3) is 0 Å². The number of nitrogens with zero attached hydrogens (tertiary/aromatic N) is 4. The van der Waals surface area contributed by atoms with Crippen LogP contribution in [-0.2, 0) is 14.3 Å². The summed E-state index contributed by atoms with van der Waals surface area (Å²) < 4.78 is 26.0. The minimum absolute atomic E-state index is 0.0870. The van der Waals surface area contributed by atoms with E-state index < -0.39 is 11.7 Å². The van der Waals surface area contributed by atoms with Gasteiger partial charge >= 0.3 is 0 Å². The molecule has 0 radical (unpaired) electrons. The van der Waals surface area contributed by atoms with Crippen molar-refractivity contribution in [1.82, 2.24) is 24.8 Å². The summed E-state index contributed by atoms with van der Waals surface area (Å²) in [4.78, 5) is 32.9. The number of likely N-dealkylation sites (tertiary alicyclic amines) is 1. The number of amides is 1. The maximum absolute atomic E-state index is 13.7. The van der Waals surface area contributed by atoms with Crippen molar-refractivity contribution < 1.29 is 18.7 Å². The third-order valence-corrected chi connectivity index (χ3v) is 8.23. The molecule has 206 valence electrons. The fourth-order valence-electron chi connectivity index (χ4n) is 5.94. The molecule has 1 aromatic carbocycles. The van der Waals surface area contributed by atoms with Gasteiger partial charge in [-0.25, -0.2) is 19.3 Å². The van der Waals surface area contributed by atoms with Gasteiger partial charge in [0.1, 0.15) is 11.6 Å². The fraction of sp³-hybridized carbons (Fsp3) is 0.533. The second-order valence-electron chi connectivity index (χ2n) is 11.4. The van der Waals surface area contributed by atoms with E-state index >= 15 is 0 Å². The second-order valence-corrected chi connectivity index (χ2v) is 11.4. The first kappa shape index (κ1) is 26.1. The van der Waals surface area contributed by atoms with Gasteiger partial charge < -0.3 is 19.4 Å². The molecule has 1 N–H and O–H groups in total. The Morgan fingerprint density at radius 1 is 0.974 bits per heavy atom. The molecule has 3 fully saturated rings. The number of H-pyrrole nitrogens is 1. The molecule has 1 saturated carbocycles. The van der Waals surface area contributed by atoms with Crippen molar-refractivity contribution in [1.29, 1.82) is 0 Å². The van der Waals surface area contributed by atoms with Gasteiger partial charge in [-0.15, -0.1) is 0 Å². The van der Waals surface area contributed by atoms with E-state index in [1.807, 2.05) is 17.9 Å². The highest BCUT2D eigenvalue weighted by Crippen LogP contribution is 2.37. The summed E-state index contributed by atoms with van der Waals surface area (Å²) in [7, 11) is 0. The first-order valence-corrected chi connectivity index (χ1v) is 14.2. The second kappa shape index (κ2) is 11.1. The van der Waals surface area contributed by atoms with E-state index in [9.17, 15) is 9.18 Å². The van der Waals surface area contributed by atoms with Gasteiger partial charge in [-0.1, -0.05) is 19.3 Å². The summed E-state index contributed by atoms with van der Waals surface area (Å²) in [5.74, 6) is 1.48. The lowest BCUT2D eigenvalue weighted by atomic mass is 9.88. The number of ether oxygens (including phenoxy) is 2. The number of carbonyl (C=O) groups excluding carboxylic acids is 1. The van der Waals surface area contributed by atoms with Gasteiger partial charge in [0.15, 0.2) is 5.82 Å². The maximum Gasteiger partial charge on any atom is 0.233 e. The van der Waals surface area contributed by atoms with Crippen LogP contribution in [0, 0.1) is 11.2 Å². The number of nitrogens with one attached hydrogen (secondary N) is 1. The molecule has 2 aromatic heterocycles. The molecular formula is C30H36FN5O3. The predicted octanol–water partition coefficient (Wildman–Crippen LogP) is 5.78. The number of halogens is 1. The van der Waals surface area contributed by atoms with Crippen LogP contribution in [0.4, 0.5) is 4.39 Å². The number of aromatic nitrogens is 4. The van der Waals surface area contributed by atoms with Crippen LogP contribution in [0.1, 0.15) is 82.1 Å². The molecule has 0 unspecified atom stereocenters. The number of carbonyl (C=O) groups is 1. The number of hydrogen-bond acceptors (Lipinski definition) is 6. The Bertz CT molecular complexity index is 1290. The van der Waals surface area contributed by atoms with Gasteiger partial charge in [-0.05, 0) is 69.4 Å². The monoisotopic (exact) mass is 533 g/mol. The Balaban J connectivity index is 1.27. The minimum atomic E-state index is -0.750. The average Bonchev–Trinajstić information content (AvgIpc) is 3.44. The van der Waals surface area contributed by atoms with Crippen LogP contribution >= 0.6 is 0 Å². The van der Waals surface area contributed by atoms with E-state index in [-0.39, 0.29) is 24.9 Å². The van der Waals surface area contributed by atoms with E-state index in [1.165, 1.54) is 37.8 Å². The topological polar surface area (TPSA) is 93.2 Å². The highest BCUT2D eigenvalue weighted by atomic mass is 19.1. The van der Waals surface area contributed by atoms with Gasteiger partial charge in [-0.3, -0.25) is 4.79 Å². The molecule has 6 rings (SSSR count). The molecule has 8 nitrogen and oxygen atoms in total. The average molecular weight is 534 g/mol. The highest BCUT2D eigenvalue weighted by Gasteiger charge is 2.43. The Morgan fingerprint density at radius 2 is 1.67 bits per heavy atom. The maximum atomic E-state index is 13.7. The van der Waals surface area contributed by atoms with E-state index in [2.05, 4.69) is 9.97 Å². The number of benzene rings is 1. The SMILES string of the molecule is CC1(C(=O)N2CCCCC2)COC(c2nc(-c3ccc(F)cc3)c(-c3ccnc(C4CCCCC4)n3)[nH]2)OC1. The van der Waals surface area contributed by atoms with Crippen molar-refractivity contribution >= 4 is 5.91 Å². The van der Waals surface area contributed by atoms with Crippen LogP contribution in [0.2, 0.25) is 0 Å². The van der Waals surface area contributed by atoms with Gasteiger partial charge in [0.2, 0.25) is 12.2 Å². The fourth-order valence-corrected chi connectivity index (χ4v) is 5.94. The van der Waals surface area contributed by atoms with Gasteiger partial charge in [0, 0.05) is 30.8 Å². The van der Waals surface area contributed by atoms with Crippen LogP contribution in [0.25, 0.3) is 22.6 Å². The molecule has 0 spiro atoms. The summed E-state index contributed by atoms with van der Waals surface area (Å²) in [6, 6.07) is 8.13. The summed E-state index contributed by atoms with van der Waals surface area (Å²) in [5.41, 5.74) is 2.10. The third-order valence-electron chi connectivity index (χ3n) is 8.23. The van der Waals surface area contributed by atoms with Crippen molar-refractivity contribution in [3.8, 4) is 22.6 Å². The normalized spacial score (nSPS) is 24.6. The molecule has 3 aliphatic rings. The van der Waals surface area contributed by atoms with Crippen molar-refractivity contribution in [2.45, 2.75) is 70.5 Å². The molecular weight excluding hydrogens is 497 g/mol. The molecule has 1 aliphatic carbocycles.